The van der Waals surface area contributed by atoms with Gasteiger partial charge in [0.15, 0.2) is 0 Å². The van der Waals surface area contributed by atoms with E-state index in [0.717, 1.165) is 0 Å². The molecule has 132 valence electrons. The molecule has 2 N–H and O–H groups in total. The van der Waals surface area contributed by atoms with Crippen LogP contribution in [-0.4, -0.2) is 16.8 Å². The molecule has 3 aromatic rings. The Kier molecular flexibility index (Phi) is 5.55. The Morgan fingerprint density at radius 1 is 0.923 bits per heavy atom. The highest BCUT2D eigenvalue weighted by Gasteiger charge is 2.15. The molecule has 2 amide bonds. The highest BCUT2D eigenvalue weighted by atomic mass is 35.5. The van der Waals surface area contributed by atoms with E-state index in [1.54, 1.807) is 36.4 Å². The van der Waals surface area contributed by atoms with E-state index in [1.807, 2.05) is 0 Å². The number of carbonyl (C=O) groups excluding carboxylic acids is 2. The number of carbonyl (C=O) groups is 2. The van der Waals surface area contributed by atoms with Crippen molar-refractivity contribution in [2.24, 2.45) is 0 Å². The summed E-state index contributed by atoms with van der Waals surface area (Å²) in [6, 6.07) is 12.9. The maximum Gasteiger partial charge on any atom is 0.274 e. The Hall–Kier alpha value is -2.83. The Morgan fingerprint density at radius 2 is 1.58 bits per heavy atom. The summed E-state index contributed by atoms with van der Waals surface area (Å²) < 4.78 is 5.15. The van der Waals surface area contributed by atoms with Gasteiger partial charge in [-0.1, -0.05) is 35.3 Å². The molecule has 0 fully saturated rings. The number of pyridine rings is 1. The van der Waals surface area contributed by atoms with E-state index < -0.39 is 11.8 Å². The van der Waals surface area contributed by atoms with Crippen LogP contribution in [0.5, 0.6) is 0 Å². The third-order valence-electron chi connectivity index (χ3n) is 3.42. The fourth-order valence-electron chi connectivity index (χ4n) is 2.15. The van der Waals surface area contributed by atoms with Crippen LogP contribution in [0.15, 0.2) is 59.2 Å². The van der Waals surface area contributed by atoms with Crippen LogP contribution in [0.4, 0.5) is 5.69 Å². The van der Waals surface area contributed by atoms with E-state index in [2.05, 4.69) is 15.6 Å². The second-order valence-corrected chi connectivity index (χ2v) is 6.04. The minimum Gasteiger partial charge on any atom is -0.467 e. The highest BCUT2D eigenvalue weighted by molar-refractivity contribution is 6.40. The van der Waals surface area contributed by atoms with E-state index in [4.69, 9.17) is 27.6 Å². The van der Waals surface area contributed by atoms with E-state index in [0.29, 0.717) is 15.8 Å². The molecule has 6 nitrogen and oxygen atoms in total. The lowest BCUT2D eigenvalue weighted by molar-refractivity contribution is 0.0943. The second kappa shape index (κ2) is 8.03. The summed E-state index contributed by atoms with van der Waals surface area (Å²) >= 11 is 12.1. The number of amides is 2. The summed E-state index contributed by atoms with van der Waals surface area (Å²) in [7, 11) is 0. The SMILES string of the molecule is O=C(NCc1ccco1)c1cccc(C(=O)Nc2c(Cl)cccc2Cl)n1. The number of halogens is 2. The molecule has 26 heavy (non-hydrogen) atoms. The van der Waals surface area contributed by atoms with Crippen molar-refractivity contribution in [3.63, 3.8) is 0 Å². The molecule has 0 atom stereocenters. The van der Waals surface area contributed by atoms with Crippen LogP contribution >= 0.6 is 23.2 Å². The molecule has 8 heteroatoms. The molecule has 0 radical (unpaired) electrons. The third-order valence-corrected chi connectivity index (χ3v) is 4.05. The molecule has 0 saturated heterocycles. The zero-order chi connectivity index (χ0) is 18.5. The summed E-state index contributed by atoms with van der Waals surface area (Å²) in [6.45, 7) is 0.221. The van der Waals surface area contributed by atoms with Crippen molar-refractivity contribution in [1.82, 2.24) is 10.3 Å². The molecule has 0 saturated carbocycles. The van der Waals surface area contributed by atoms with E-state index in [1.165, 1.54) is 18.4 Å². The Bertz CT molecular complexity index is 922. The third kappa shape index (κ3) is 4.22. The van der Waals surface area contributed by atoms with E-state index in [-0.39, 0.29) is 23.6 Å². The number of hydrogen-bond donors (Lipinski definition) is 2. The fourth-order valence-corrected chi connectivity index (χ4v) is 2.65. The number of para-hydroxylation sites is 1. The quantitative estimate of drug-likeness (QED) is 0.685. The molecule has 3 rings (SSSR count). The van der Waals surface area contributed by atoms with Crippen LogP contribution in [-0.2, 0) is 6.54 Å². The van der Waals surface area contributed by atoms with Gasteiger partial charge < -0.3 is 15.1 Å². The number of nitrogens with one attached hydrogen (secondary N) is 2. The summed E-state index contributed by atoms with van der Waals surface area (Å²) in [4.78, 5) is 28.7. The van der Waals surface area contributed by atoms with Crippen LogP contribution in [0.25, 0.3) is 0 Å². The number of aromatic nitrogens is 1. The van der Waals surface area contributed by atoms with Crippen LogP contribution in [0, 0.1) is 0 Å². The summed E-state index contributed by atoms with van der Waals surface area (Å²) in [5, 5.41) is 5.88. The number of rotatable bonds is 5. The lowest BCUT2D eigenvalue weighted by atomic mass is 10.2. The van der Waals surface area contributed by atoms with Crippen LogP contribution < -0.4 is 10.6 Å². The van der Waals surface area contributed by atoms with Crippen LogP contribution in [0.1, 0.15) is 26.7 Å². The number of anilines is 1. The van der Waals surface area contributed by atoms with Crippen molar-refractivity contribution in [1.29, 1.82) is 0 Å². The zero-order valence-electron chi connectivity index (χ0n) is 13.3. The molecule has 0 aliphatic carbocycles. The van der Waals surface area contributed by atoms with Gasteiger partial charge in [0.2, 0.25) is 0 Å². The topological polar surface area (TPSA) is 84.2 Å². The maximum absolute atomic E-state index is 12.4. The van der Waals surface area contributed by atoms with Gasteiger partial charge in [-0.15, -0.1) is 0 Å². The van der Waals surface area contributed by atoms with Crippen molar-refractivity contribution in [3.05, 3.63) is 82.0 Å². The molecule has 2 heterocycles. The normalized spacial score (nSPS) is 10.4. The van der Waals surface area contributed by atoms with Gasteiger partial charge in [-0.3, -0.25) is 9.59 Å². The zero-order valence-corrected chi connectivity index (χ0v) is 14.8. The van der Waals surface area contributed by atoms with Gasteiger partial charge in [0.05, 0.1) is 28.5 Å². The molecule has 0 bridgehead atoms. The first-order valence-corrected chi connectivity index (χ1v) is 8.33. The number of nitrogens with zero attached hydrogens (tertiary/aromatic N) is 1. The van der Waals surface area contributed by atoms with Gasteiger partial charge in [-0.25, -0.2) is 4.98 Å². The predicted octanol–water partition coefficient (Wildman–Crippen LogP) is 4.16. The van der Waals surface area contributed by atoms with Crippen LogP contribution in [0.3, 0.4) is 0 Å². The molecule has 0 aliphatic rings. The number of furan rings is 1. The minimum absolute atomic E-state index is 0.0617. The molecule has 1 aromatic carbocycles. The monoisotopic (exact) mass is 389 g/mol. The summed E-state index contributed by atoms with van der Waals surface area (Å²) in [6.07, 6.45) is 1.52. The Morgan fingerprint density at radius 3 is 2.23 bits per heavy atom. The number of benzene rings is 1. The van der Waals surface area contributed by atoms with Crippen LogP contribution in [0.2, 0.25) is 10.0 Å². The highest BCUT2D eigenvalue weighted by Crippen LogP contribution is 2.30. The molecule has 2 aromatic heterocycles. The van der Waals surface area contributed by atoms with Crippen molar-refractivity contribution in [3.8, 4) is 0 Å². The minimum atomic E-state index is -0.527. The molecule has 0 aliphatic heterocycles. The van der Waals surface area contributed by atoms with Gasteiger partial charge in [-0.05, 0) is 36.4 Å². The van der Waals surface area contributed by atoms with E-state index in [9.17, 15) is 9.59 Å². The first kappa shape index (κ1) is 18.0. The predicted molar refractivity (Wildman–Crippen MR) is 98.5 cm³/mol. The lowest BCUT2D eigenvalue weighted by Crippen LogP contribution is -2.25. The van der Waals surface area contributed by atoms with Gasteiger partial charge >= 0.3 is 0 Å². The molecular formula is C18H13Cl2N3O3. The standard InChI is InChI=1S/C18H13Cl2N3O3/c19-12-5-1-6-13(20)16(12)23-18(25)15-8-2-7-14(22-15)17(24)21-10-11-4-3-9-26-11/h1-9H,10H2,(H,21,24)(H,23,25). The second-order valence-electron chi connectivity index (χ2n) is 5.22. The molecular weight excluding hydrogens is 377 g/mol. The van der Waals surface area contributed by atoms with Gasteiger partial charge in [0, 0.05) is 0 Å². The average molecular weight is 390 g/mol. The number of hydrogen-bond acceptors (Lipinski definition) is 4. The van der Waals surface area contributed by atoms with Gasteiger partial charge in [-0.2, -0.15) is 0 Å². The maximum atomic E-state index is 12.4. The van der Waals surface area contributed by atoms with E-state index >= 15 is 0 Å². The largest absolute Gasteiger partial charge is 0.467 e. The first-order valence-electron chi connectivity index (χ1n) is 7.57. The fraction of sp³-hybridized carbons (Fsp3) is 0.0556. The first-order chi connectivity index (χ1) is 12.5. The molecule has 0 spiro atoms. The summed E-state index contributed by atoms with van der Waals surface area (Å²) in [5.74, 6) is -0.340. The van der Waals surface area contributed by atoms with Crippen molar-refractivity contribution in [2.45, 2.75) is 6.54 Å². The lowest BCUT2D eigenvalue weighted by Gasteiger charge is -2.09. The smallest absolute Gasteiger partial charge is 0.274 e. The van der Waals surface area contributed by atoms with Crippen molar-refractivity contribution < 1.29 is 14.0 Å². The Balaban J connectivity index is 1.72. The van der Waals surface area contributed by atoms with Gasteiger partial charge in [0.25, 0.3) is 11.8 Å². The summed E-state index contributed by atoms with van der Waals surface area (Å²) in [5.41, 5.74) is 0.455. The Labute approximate surface area is 159 Å². The average Bonchev–Trinajstić information content (AvgIpc) is 3.16. The van der Waals surface area contributed by atoms with Crippen molar-refractivity contribution >= 4 is 40.7 Å². The molecule has 0 unspecified atom stereocenters. The van der Waals surface area contributed by atoms with Gasteiger partial charge in [0.1, 0.15) is 17.1 Å². The van der Waals surface area contributed by atoms with Crippen molar-refractivity contribution in [2.75, 3.05) is 5.32 Å².